The van der Waals surface area contributed by atoms with E-state index in [2.05, 4.69) is 25.9 Å². The lowest BCUT2D eigenvalue weighted by molar-refractivity contribution is 0.299. The Balaban J connectivity index is 1.87. The molecule has 4 nitrogen and oxygen atoms in total. The van der Waals surface area contributed by atoms with E-state index in [9.17, 15) is 0 Å². The van der Waals surface area contributed by atoms with Crippen molar-refractivity contribution in [1.29, 1.82) is 0 Å². The van der Waals surface area contributed by atoms with E-state index in [-0.39, 0.29) is 0 Å². The lowest BCUT2D eigenvalue weighted by Crippen LogP contribution is -2.00. The van der Waals surface area contributed by atoms with Crippen molar-refractivity contribution in [3.63, 3.8) is 0 Å². The fourth-order valence-electron chi connectivity index (χ4n) is 1.75. The van der Waals surface area contributed by atoms with Crippen molar-refractivity contribution in [3.8, 4) is 5.75 Å². The topological polar surface area (TPSA) is 39.4 Å². The number of hydrogen-bond donors (Lipinski definition) is 0. The standard InChI is InChI=1S/C13H10BrN3O/c14-12-4-1-5-13-16-7-10(17(12)13)9-18-11-3-2-6-15-8-11/h1-8H,9H2. The van der Waals surface area contributed by atoms with Crippen LogP contribution >= 0.6 is 15.9 Å². The number of rotatable bonds is 3. The molecule has 0 bridgehead atoms. The normalized spacial score (nSPS) is 10.7. The monoisotopic (exact) mass is 303 g/mol. The van der Waals surface area contributed by atoms with Crippen LogP contribution in [0, 0.1) is 0 Å². The highest BCUT2D eigenvalue weighted by Crippen LogP contribution is 2.17. The molecule has 0 N–H and O–H groups in total. The fourth-order valence-corrected chi connectivity index (χ4v) is 2.31. The van der Waals surface area contributed by atoms with Gasteiger partial charge in [0.1, 0.15) is 18.0 Å². The van der Waals surface area contributed by atoms with E-state index in [0.29, 0.717) is 6.61 Å². The summed E-state index contributed by atoms with van der Waals surface area (Å²) in [7, 11) is 0. The van der Waals surface area contributed by atoms with Crippen molar-refractivity contribution < 1.29 is 4.74 Å². The second-order valence-electron chi connectivity index (χ2n) is 3.77. The van der Waals surface area contributed by atoms with Gasteiger partial charge in [-0.25, -0.2) is 4.98 Å². The molecular formula is C13H10BrN3O. The highest BCUT2D eigenvalue weighted by molar-refractivity contribution is 9.10. The molecule has 0 saturated heterocycles. The summed E-state index contributed by atoms with van der Waals surface area (Å²) in [5, 5.41) is 0. The summed E-state index contributed by atoms with van der Waals surface area (Å²) < 4.78 is 8.64. The SMILES string of the molecule is Brc1cccc2ncc(COc3cccnc3)n12. The summed E-state index contributed by atoms with van der Waals surface area (Å²) in [6, 6.07) is 9.61. The Labute approximate surface area is 112 Å². The quantitative estimate of drug-likeness (QED) is 0.698. The Morgan fingerprint density at radius 2 is 2.11 bits per heavy atom. The summed E-state index contributed by atoms with van der Waals surface area (Å²) >= 11 is 3.51. The summed E-state index contributed by atoms with van der Waals surface area (Å²) in [6.07, 6.45) is 5.23. The van der Waals surface area contributed by atoms with Crippen LogP contribution in [0.25, 0.3) is 5.65 Å². The highest BCUT2D eigenvalue weighted by Gasteiger charge is 2.06. The molecule has 0 aliphatic rings. The first-order chi connectivity index (χ1) is 8.84. The van der Waals surface area contributed by atoms with Crippen molar-refractivity contribution in [3.05, 3.63) is 59.2 Å². The van der Waals surface area contributed by atoms with Gasteiger partial charge in [-0.3, -0.25) is 9.38 Å². The average molecular weight is 304 g/mol. The van der Waals surface area contributed by atoms with Gasteiger partial charge in [-0.1, -0.05) is 6.07 Å². The maximum Gasteiger partial charge on any atom is 0.138 e. The predicted octanol–water partition coefficient (Wildman–Crippen LogP) is 3.07. The lowest BCUT2D eigenvalue weighted by atomic mass is 10.4. The first kappa shape index (κ1) is 11.2. The minimum Gasteiger partial charge on any atom is -0.486 e. The first-order valence-corrected chi connectivity index (χ1v) is 6.27. The van der Waals surface area contributed by atoms with E-state index in [4.69, 9.17) is 4.74 Å². The number of hydrogen-bond acceptors (Lipinski definition) is 3. The Kier molecular flexibility index (Phi) is 2.98. The van der Waals surface area contributed by atoms with Crippen LogP contribution in [0.2, 0.25) is 0 Å². The second kappa shape index (κ2) is 4.78. The van der Waals surface area contributed by atoms with Gasteiger partial charge in [0.05, 0.1) is 22.7 Å². The third kappa shape index (κ3) is 2.09. The number of imidazole rings is 1. The molecule has 90 valence electrons. The Morgan fingerprint density at radius 1 is 1.17 bits per heavy atom. The summed E-state index contributed by atoms with van der Waals surface area (Å²) in [5.74, 6) is 0.750. The molecule has 5 heteroatoms. The average Bonchev–Trinajstić information content (AvgIpc) is 2.82. The van der Waals surface area contributed by atoms with Gasteiger partial charge in [0.15, 0.2) is 0 Å². The molecule has 3 heterocycles. The summed E-state index contributed by atoms with van der Waals surface area (Å²) in [5.41, 5.74) is 1.88. The van der Waals surface area contributed by atoms with Crippen LogP contribution in [-0.2, 0) is 6.61 Å². The van der Waals surface area contributed by atoms with Crippen LogP contribution in [0.4, 0.5) is 0 Å². The van der Waals surface area contributed by atoms with E-state index < -0.39 is 0 Å². The van der Waals surface area contributed by atoms with Crippen molar-refractivity contribution in [2.24, 2.45) is 0 Å². The number of aromatic nitrogens is 3. The van der Waals surface area contributed by atoms with Crippen LogP contribution in [0.5, 0.6) is 5.75 Å². The van der Waals surface area contributed by atoms with Gasteiger partial charge in [-0.2, -0.15) is 0 Å². The molecule has 3 aromatic heterocycles. The lowest BCUT2D eigenvalue weighted by Gasteiger charge is -2.06. The fraction of sp³-hybridized carbons (Fsp3) is 0.0769. The zero-order valence-electron chi connectivity index (χ0n) is 9.45. The molecule has 0 aromatic carbocycles. The molecule has 18 heavy (non-hydrogen) atoms. The Hall–Kier alpha value is -1.88. The predicted molar refractivity (Wildman–Crippen MR) is 71.5 cm³/mol. The van der Waals surface area contributed by atoms with Crippen molar-refractivity contribution in [2.45, 2.75) is 6.61 Å². The van der Waals surface area contributed by atoms with Crippen molar-refractivity contribution in [1.82, 2.24) is 14.4 Å². The van der Waals surface area contributed by atoms with Crippen molar-refractivity contribution in [2.75, 3.05) is 0 Å². The van der Waals surface area contributed by atoms with Crippen molar-refractivity contribution >= 4 is 21.6 Å². The molecular weight excluding hydrogens is 294 g/mol. The molecule has 3 rings (SSSR count). The zero-order valence-corrected chi connectivity index (χ0v) is 11.0. The first-order valence-electron chi connectivity index (χ1n) is 5.48. The van der Waals surface area contributed by atoms with Crippen LogP contribution in [0.15, 0.2) is 53.5 Å². The van der Waals surface area contributed by atoms with E-state index in [1.165, 1.54) is 0 Å². The number of ether oxygens (including phenoxy) is 1. The van der Waals surface area contributed by atoms with Crippen LogP contribution in [-0.4, -0.2) is 14.4 Å². The molecule has 0 fully saturated rings. The maximum absolute atomic E-state index is 5.67. The minimum atomic E-state index is 0.454. The zero-order chi connectivity index (χ0) is 12.4. The molecule has 0 saturated carbocycles. The van der Waals surface area contributed by atoms with E-state index in [1.807, 2.05) is 40.9 Å². The van der Waals surface area contributed by atoms with Gasteiger partial charge in [0.2, 0.25) is 0 Å². The summed E-state index contributed by atoms with van der Waals surface area (Å²) in [4.78, 5) is 8.34. The molecule has 3 aromatic rings. The largest absolute Gasteiger partial charge is 0.486 e. The van der Waals surface area contributed by atoms with Crippen LogP contribution < -0.4 is 4.74 Å². The van der Waals surface area contributed by atoms with E-state index >= 15 is 0 Å². The number of halogens is 1. The molecule has 0 aliphatic carbocycles. The molecule has 0 spiro atoms. The van der Waals surface area contributed by atoms with Gasteiger partial charge in [0, 0.05) is 6.20 Å². The van der Waals surface area contributed by atoms with Gasteiger partial charge >= 0.3 is 0 Å². The Bertz CT molecular complexity index is 666. The van der Waals surface area contributed by atoms with Gasteiger partial charge < -0.3 is 4.74 Å². The van der Waals surface area contributed by atoms with Crippen LogP contribution in [0.1, 0.15) is 5.69 Å². The van der Waals surface area contributed by atoms with E-state index in [0.717, 1.165) is 21.7 Å². The molecule has 0 atom stereocenters. The van der Waals surface area contributed by atoms with Gasteiger partial charge in [0.25, 0.3) is 0 Å². The molecule has 0 amide bonds. The van der Waals surface area contributed by atoms with E-state index in [1.54, 1.807) is 12.4 Å². The minimum absolute atomic E-state index is 0.454. The number of nitrogens with zero attached hydrogens (tertiary/aromatic N) is 3. The highest BCUT2D eigenvalue weighted by atomic mass is 79.9. The second-order valence-corrected chi connectivity index (χ2v) is 4.58. The number of fused-ring (bicyclic) bond motifs is 1. The van der Waals surface area contributed by atoms with Gasteiger partial charge in [-0.15, -0.1) is 0 Å². The molecule has 0 unspecified atom stereocenters. The third-order valence-corrected chi connectivity index (χ3v) is 3.19. The number of pyridine rings is 2. The third-order valence-electron chi connectivity index (χ3n) is 2.58. The Morgan fingerprint density at radius 3 is 2.94 bits per heavy atom. The van der Waals surface area contributed by atoms with Gasteiger partial charge in [-0.05, 0) is 40.2 Å². The molecule has 0 aliphatic heterocycles. The summed E-state index contributed by atoms with van der Waals surface area (Å²) in [6.45, 7) is 0.454. The van der Waals surface area contributed by atoms with Crippen LogP contribution in [0.3, 0.4) is 0 Å². The maximum atomic E-state index is 5.67. The smallest absolute Gasteiger partial charge is 0.138 e. The molecule has 0 radical (unpaired) electrons.